The van der Waals surface area contributed by atoms with Crippen molar-refractivity contribution >= 4 is 11.8 Å². The molecular weight excluding hydrogens is 499 g/mol. The number of aryl methyl sites for hydroxylation is 1. The summed E-state index contributed by atoms with van der Waals surface area (Å²) in [6.45, 7) is 2.27. The van der Waals surface area contributed by atoms with E-state index in [1.165, 1.54) is 0 Å². The fraction of sp³-hybridized carbons (Fsp3) is 0.630. The number of likely N-dealkylation sites (tertiary alicyclic amines) is 1. The van der Waals surface area contributed by atoms with Crippen LogP contribution in [0.5, 0.6) is 0 Å². The molecule has 2 amide bonds. The normalized spacial score (nSPS) is 29.5. The van der Waals surface area contributed by atoms with E-state index >= 15 is 0 Å². The minimum absolute atomic E-state index is 0.0611. The van der Waals surface area contributed by atoms with E-state index in [1.54, 1.807) is 19.1 Å². The van der Waals surface area contributed by atoms with Crippen LogP contribution in [0, 0.1) is 18.7 Å². The number of carbonyl (C=O) groups excluding carboxylic acids is 2. The standard InChI is InChI=1S/C27H32F3N5O3/c1-16-12-19(20(28)15-31-16)21-13-22(34-33-21)24(37)35-10-4-17(14-25(35)7-8-25)23(36)32-18-2-5-26(6-3-18)27(29,30)9-11-38-26/h12-13,15,17-18H,2-11,14H2,1H3,(H,32,36)(H,33,34)/t17-,18-,26-/m0/s1. The lowest BCUT2D eigenvalue weighted by Gasteiger charge is -2.42. The van der Waals surface area contributed by atoms with Crippen molar-refractivity contribution < 1.29 is 27.5 Å². The van der Waals surface area contributed by atoms with Crippen LogP contribution >= 0.6 is 0 Å². The fourth-order valence-corrected chi connectivity index (χ4v) is 6.57. The summed E-state index contributed by atoms with van der Waals surface area (Å²) in [6, 6.07) is 3.02. The van der Waals surface area contributed by atoms with Gasteiger partial charge in [-0.25, -0.2) is 13.2 Å². The summed E-state index contributed by atoms with van der Waals surface area (Å²) in [7, 11) is 0. The van der Waals surface area contributed by atoms with E-state index in [0.29, 0.717) is 49.2 Å². The molecule has 2 spiro atoms. The zero-order valence-corrected chi connectivity index (χ0v) is 21.4. The van der Waals surface area contributed by atoms with Crippen molar-refractivity contribution in [3.63, 3.8) is 0 Å². The lowest BCUT2D eigenvalue weighted by atomic mass is 9.78. The molecular formula is C27H32F3N5O3. The molecule has 2 aromatic heterocycles. The molecule has 8 nitrogen and oxygen atoms in total. The Morgan fingerprint density at radius 2 is 1.89 bits per heavy atom. The van der Waals surface area contributed by atoms with Crippen molar-refractivity contribution in [2.45, 2.75) is 87.8 Å². The molecule has 204 valence electrons. The van der Waals surface area contributed by atoms with Gasteiger partial charge in [-0.3, -0.25) is 19.7 Å². The highest BCUT2D eigenvalue weighted by Gasteiger charge is 2.59. The van der Waals surface area contributed by atoms with Crippen LogP contribution in [0.3, 0.4) is 0 Å². The van der Waals surface area contributed by atoms with Gasteiger partial charge in [-0.1, -0.05) is 0 Å². The van der Waals surface area contributed by atoms with Gasteiger partial charge >= 0.3 is 0 Å². The average Bonchev–Trinajstić information content (AvgIpc) is 3.35. The number of hydrogen-bond acceptors (Lipinski definition) is 5. The molecule has 2 aliphatic carbocycles. The fourth-order valence-electron chi connectivity index (χ4n) is 6.57. The quantitative estimate of drug-likeness (QED) is 0.617. The molecule has 2 N–H and O–H groups in total. The first-order valence-electron chi connectivity index (χ1n) is 13.4. The summed E-state index contributed by atoms with van der Waals surface area (Å²) in [5, 5.41) is 10.0. The molecule has 1 atom stereocenters. The number of alkyl halides is 2. The SMILES string of the molecule is Cc1cc(-c2cc(C(=O)N3CC[C@H](C(=O)N[C@H]4CC[C@@]5(CC4)OCCC5(F)F)CC34CC4)n[nH]2)c(F)cn1. The lowest BCUT2D eigenvalue weighted by Crippen LogP contribution is -2.54. The Labute approximate surface area is 218 Å². The number of piperidine rings is 1. The van der Waals surface area contributed by atoms with E-state index in [4.69, 9.17) is 4.74 Å². The Balaban J connectivity index is 1.07. The smallest absolute Gasteiger partial charge is 0.278 e. The molecule has 0 bridgehead atoms. The molecule has 0 aromatic carbocycles. The second-order valence-corrected chi connectivity index (χ2v) is 11.4. The highest BCUT2D eigenvalue weighted by molar-refractivity contribution is 5.94. The van der Waals surface area contributed by atoms with Crippen LogP contribution in [0.15, 0.2) is 18.3 Å². The summed E-state index contributed by atoms with van der Waals surface area (Å²) in [6.07, 6.45) is 5.07. The van der Waals surface area contributed by atoms with Crippen molar-refractivity contribution in [3.8, 4) is 11.3 Å². The largest absolute Gasteiger partial charge is 0.368 e. The molecule has 2 aromatic rings. The van der Waals surface area contributed by atoms with Gasteiger partial charge in [-0.05, 0) is 70.4 Å². The van der Waals surface area contributed by atoms with Crippen molar-refractivity contribution in [1.82, 2.24) is 25.4 Å². The number of aromatic amines is 1. The molecule has 4 fully saturated rings. The maximum atomic E-state index is 14.3. The number of halogens is 3. The van der Waals surface area contributed by atoms with Gasteiger partial charge in [-0.2, -0.15) is 5.10 Å². The average molecular weight is 532 g/mol. The van der Waals surface area contributed by atoms with Gasteiger partial charge < -0.3 is 15.0 Å². The number of aromatic nitrogens is 3. The molecule has 4 aliphatic rings. The second kappa shape index (κ2) is 9.07. The molecule has 2 aliphatic heterocycles. The number of ether oxygens (including phenoxy) is 1. The van der Waals surface area contributed by atoms with Crippen molar-refractivity contribution in [3.05, 3.63) is 35.5 Å². The van der Waals surface area contributed by atoms with Gasteiger partial charge in [0.25, 0.3) is 11.8 Å². The third kappa shape index (κ3) is 4.28. The Morgan fingerprint density at radius 3 is 2.58 bits per heavy atom. The maximum Gasteiger partial charge on any atom is 0.278 e. The Bertz CT molecular complexity index is 1250. The summed E-state index contributed by atoms with van der Waals surface area (Å²) in [4.78, 5) is 32.3. The molecule has 6 rings (SSSR count). The predicted molar refractivity (Wildman–Crippen MR) is 131 cm³/mol. The van der Waals surface area contributed by atoms with E-state index in [1.807, 2.05) is 4.90 Å². The van der Waals surface area contributed by atoms with Crippen LogP contribution in [-0.2, 0) is 9.53 Å². The molecule has 38 heavy (non-hydrogen) atoms. The second-order valence-electron chi connectivity index (χ2n) is 11.4. The predicted octanol–water partition coefficient (Wildman–Crippen LogP) is 4.16. The topological polar surface area (TPSA) is 100 Å². The zero-order valence-electron chi connectivity index (χ0n) is 21.4. The number of H-pyrrole nitrogens is 1. The maximum absolute atomic E-state index is 14.3. The van der Waals surface area contributed by atoms with E-state index in [-0.39, 0.29) is 60.9 Å². The highest BCUT2D eigenvalue weighted by Crippen LogP contribution is 2.51. The minimum atomic E-state index is -2.81. The molecule has 2 saturated heterocycles. The molecule has 2 saturated carbocycles. The number of nitrogens with one attached hydrogen (secondary N) is 2. The summed E-state index contributed by atoms with van der Waals surface area (Å²) in [5.74, 6) is -3.83. The number of hydrogen-bond donors (Lipinski definition) is 2. The Kier molecular flexibility index (Phi) is 6.04. The summed E-state index contributed by atoms with van der Waals surface area (Å²) < 4.78 is 48.4. The third-order valence-electron chi connectivity index (χ3n) is 9.02. The number of amides is 2. The third-order valence-corrected chi connectivity index (χ3v) is 9.02. The summed E-state index contributed by atoms with van der Waals surface area (Å²) in [5.41, 5.74) is -0.163. The van der Waals surface area contributed by atoms with Gasteiger partial charge in [0.2, 0.25) is 5.91 Å². The first-order valence-corrected chi connectivity index (χ1v) is 13.4. The summed E-state index contributed by atoms with van der Waals surface area (Å²) >= 11 is 0. The lowest BCUT2D eigenvalue weighted by molar-refractivity contribution is -0.165. The van der Waals surface area contributed by atoms with E-state index in [2.05, 4.69) is 20.5 Å². The van der Waals surface area contributed by atoms with Crippen LogP contribution in [0.4, 0.5) is 13.2 Å². The van der Waals surface area contributed by atoms with Crippen LogP contribution in [0.25, 0.3) is 11.3 Å². The van der Waals surface area contributed by atoms with E-state index in [0.717, 1.165) is 19.0 Å². The van der Waals surface area contributed by atoms with Gasteiger partial charge in [0, 0.05) is 41.7 Å². The molecule has 4 heterocycles. The molecule has 0 unspecified atom stereocenters. The zero-order chi connectivity index (χ0) is 26.7. The van der Waals surface area contributed by atoms with Gasteiger partial charge in [0.15, 0.2) is 11.5 Å². The number of pyridine rings is 1. The van der Waals surface area contributed by atoms with Crippen molar-refractivity contribution in [2.24, 2.45) is 5.92 Å². The van der Waals surface area contributed by atoms with Gasteiger partial charge in [0.1, 0.15) is 5.60 Å². The number of rotatable bonds is 4. The van der Waals surface area contributed by atoms with Crippen molar-refractivity contribution in [2.75, 3.05) is 13.2 Å². The monoisotopic (exact) mass is 531 g/mol. The van der Waals surface area contributed by atoms with Crippen LogP contribution < -0.4 is 5.32 Å². The Morgan fingerprint density at radius 1 is 1.13 bits per heavy atom. The van der Waals surface area contributed by atoms with Crippen LogP contribution in [0.1, 0.15) is 74.0 Å². The van der Waals surface area contributed by atoms with E-state index in [9.17, 15) is 22.8 Å². The van der Waals surface area contributed by atoms with Crippen LogP contribution in [0.2, 0.25) is 0 Å². The van der Waals surface area contributed by atoms with Gasteiger partial charge in [-0.15, -0.1) is 0 Å². The Hall–Kier alpha value is -2.95. The molecule has 0 radical (unpaired) electrons. The molecule has 11 heteroatoms. The number of nitrogens with zero attached hydrogens (tertiary/aromatic N) is 3. The van der Waals surface area contributed by atoms with E-state index < -0.39 is 17.3 Å². The van der Waals surface area contributed by atoms with Gasteiger partial charge in [0.05, 0.1) is 18.5 Å². The first kappa shape index (κ1) is 25.3. The first-order chi connectivity index (χ1) is 18.1. The van der Waals surface area contributed by atoms with Crippen molar-refractivity contribution in [1.29, 1.82) is 0 Å². The number of carbonyl (C=O) groups is 2. The minimum Gasteiger partial charge on any atom is -0.368 e. The highest BCUT2D eigenvalue weighted by atomic mass is 19.3. The van der Waals surface area contributed by atoms with Crippen LogP contribution in [-0.4, -0.2) is 68.2 Å².